The number of alkyl carbamates (subject to hydrolysis) is 2. The zero-order chi connectivity index (χ0) is 39.3. The van der Waals surface area contributed by atoms with Gasteiger partial charge in [0.1, 0.15) is 17.7 Å². The molecular weight excluding hydrogens is 729 g/mol. The zero-order valence-electron chi connectivity index (χ0n) is 31.5. The Labute approximate surface area is 328 Å². The van der Waals surface area contributed by atoms with Gasteiger partial charge in [0, 0.05) is 13.0 Å². The van der Waals surface area contributed by atoms with Crippen LogP contribution in [0.2, 0.25) is 0 Å². The van der Waals surface area contributed by atoms with E-state index in [-0.39, 0.29) is 37.1 Å². The minimum Gasteiger partial charge on any atom is -0.453 e. The molecule has 2 saturated heterocycles. The van der Waals surface area contributed by atoms with Gasteiger partial charge in [0.05, 0.1) is 69.0 Å². The molecule has 0 aliphatic carbocycles. The molecule has 3 aromatic carbocycles. The number of rotatable bonds is 8. The van der Waals surface area contributed by atoms with Gasteiger partial charge >= 0.3 is 12.2 Å². The molecule has 9 rings (SSSR count). The number of imidazole rings is 2. The molecule has 15 nitrogen and oxygen atoms in total. The number of aromatic nitrogens is 4. The second kappa shape index (κ2) is 14.5. The van der Waals surface area contributed by atoms with Crippen molar-refractivity contribution in [3.63, 3.8) is 0 Å². The normalized spacial score (nSPS) is 20.7. The number of aryl methyl sites for hydroxylation is 1. The van der Waals surface area contributed by atoms with Crippen LogP contribution in [0.25, 0.3) is 33.6 Å². The van der Waals surface area contributed by atoms with Crippen molar-refractivity contribution in [3.8, 4) is 33.6 Å². The predicted molar refractivity (Wildman–Crippen MR) is 208 cm³/mol. The van der Waals surface area contributed by atoms with Crippen LogP contribution in [0.1, 0.15) is 54.1 Å². The van der Waals surface area contributed by atoms with E-state index < -0.39 is 23.8 Å². The Balaban J connectivity index is 0.882. The highest BCUT2D eigenvalue weighted by Crippen LogP contribution is 2.45. The summed E-state index contributed by atoms with van der Waals surface area (Å²) >= 11 is 0. The van der Waals surface area contributed by atoms with Gasteiger partial charge in [-0.25, -0.2) is 19.6 Å². The number of methoxy groups -OCH3 is 2. The first kappa shape index (κ1) is 36.2. The van der Waals surface area contributed by atoms with Crippen LogP contribution in [0.15, 0.2) is 79.1 Å². The lowest BCUT2D eigenvalue weighted by Gasteiger charge is -2.43. The van der Waals surface area contributed by atoms with E-state index in [1.807, 2.05) is 36.4 Å². The lowest BCUT2D eigenvalue weighted by atomic mass is 9.95. The number of aromatic amines is 2. The van der Waals surface area contributed by atoms with Gasteiger partial charge in [0.25, 0.3) is 5.91 Å². The van der Waals surface area contributed by atoms with Crippen molar-refractivity contribution in [2.75, 3.05) is 38.9 Å². The Kier molecular flexibility index (Phi) is 9.23. The van der Waals surface area contributed by atoms with Crippen LogP contribution in [-0.4, -0.2) is 94.4 Å². The molecule has 0 bridgehead atoms. The topological polar surface area (TPSA) is 184 Å². The van der Waals surface area contributed by atoms with Crippen LogP contribution in [-0.2, 0) is 36.6 Å². The van der Waals surface area contributed by atoms with Crippen LogP contribution >= 0.6 is 0 Å². The van der Waals surface area contributed by atoms with Gasteiger partial charge in [-0.2, -0.15) is 0 Å². The third-order valence-electron chi connectivity index (χ3n) is 11.6. The second-order valence-corrected chi connectivity index (χ2v) is 14.9. The molecule has 4 amide bonds. The third kappa shape index (κ3) is 6.46. The number of hydrogen-bond acceptors (Lipinski definition) is 9. The quantitative estimate of drug-likeness (QED) is 0.164. The van der Waals surface area contributed by atoms with Crippen LogP contribution < -0.4 is 15.5 Å². The fraction of sp³-hybridized carbons (Fsp3) is 0.333. The number of amides is 4. The van der Waals surface area contributed by atoms with Crippen molar-refractivity contribution in [2.45, 2.75) is 55.8 Å². The first-order valence-electron chi connectivity index (χ1n) is 19.1. The summed E-state index contributed by atoms with van der Waals surface area (Å²) in [7, 11) is 2.56. The summed E-state index contributed by atoms with van der Waals surface area (Å²) in [6.07, 6.45) is 5.64. The maximum absolute atomic E-state index is 13.9. The fourth-order valence-corrected chi connectivity index (χ4v) is 8.55. The molecule has 2 fully saturated rings. The van der Waals surface area contributed by atoms with Gasteiger partial charge in [-0.15, -0.1) is 0 Å². The van der Waals surface area contributed by atoms with E-state index in [0.29, 0.717) is 37.5 Å². The largest absolute Gasteiger partial charge is 0.453 e. The Morgan fingerprint density at radius 1 is 0.789 bits per heavy atom. The van der Waals surface area contributed by atoms with E-state index in [2.05, 4.69) is 55.9 Å². The summed E-state index contributed by atoms with van der Waals surface area (Å²) in [6.45, 7) is 0.769. The first-order chi connectivity index (χ1) is 27.7. The number of hydrogen-bond donors (Lipinski definition) is 4. The number of nitrogens with zero attached hydrogens (tertiary/aromatic N) is 4. The average molecular weight is 771 g/mol. The molecule has 0 radical (unpaired) electrons. The van der Waals surface area contributed by atoms with E-state index in [9.17, 15) is 19.2 Å². The highest BCUT2D eigenvalue weighted by atomic mass is 16.5. The van der Waals surface area contributed by atoms with Crippen LogP contribution in [0, 0.1) is 0 Å². The van der Waals surface area contributed by atoms with Crippen molar-refractivity contribution in [1.82, 2.24) is 35.5 Å². The summed E-state index contributed by atoms with van der Waals surface area (Å²) < 4.78 is 14.9. The maximum atomic E-state index is 13.9. The molecule has 15 heteroatoms. The van der Waals surface area contributed by atoms with E-state index >= 15 is 0 Å². The molecule has 57 heavy (non-hydrogen) atoms. The minimum atomic E-state index is -1.13. The van der Waals surface area contributed by atoms with Crippen LogP contribution in [0.4, 0.5) is 15.3 Å². The molecule has 4 N–H and O–H groups in total. The molecule has 2 aromatic heterocycles. The number of H-pyrrole nitrogens is 2. The molecule has 0 spiro atoms. The predicted octanol–water partition coefficient (Wildman–Crippen LogP) is 5.22. The highest BCUT2D eigenvalue weighted by molar-refractivity contribution is 6.02. The maximum Gasteiger partial charge on any atom is 0.407 e. The van der Waals surface area contributed by atoms with Crippen LogP contribution in [0.3, 0.4) is 0 Å². The smallest absolute Gasteiger partial charge is 0.407 e. The number of nitrogens with one attached hydrogen (secondary N) is 4. The molecular formula is C42H42N8O7. The van der Waals surface area contributed by atoms with E-state index in [1.54, 1.807) is 22.2 Å². The van der Waals surface area contributed by atoms with Crippen molar-refractivity contribution in [3.05, 3.63) is 102 Å². The standard InChI is InChI=1S/C42H42N8O7/c1-55-40(53)47-30-17-16-28-5-3-6-29-19-34(50(35(28)29)38(30)51)37-44-21-32(46-37)27-14-10-25(11-15-27)24-8-12-26(13-9-24)31-20-43-36(45-31)33-7-4-18-49(33)39(52)42(22-57-23-42)48-41(54)56-2/h3,5-6,8-15,20-21,30,33-34H,4,7,16-19,22-23H2,1-2H3,(H,43,45)(H,44,46)(H,47,53)(H,48,54)/t30-,33-,34-/m0/s1. The SMILES string of the molecule is COC(=O)N[C@H]1CCc2cccc3c2N(C1=O)[C@H](c1ncc(-c2ccc(-c4ccc(-c5cnc([C@@H]6CCCN6C(=O)C6(NC(=O)OC)COC6)[nH]5)cc4)cc2)[nH]1)C3. The van der Waals surface area contributed by atoms with Crippen molar-refractivity contribution >= 4 is 29.7 Å². The Bertz CT molecular complexity index is 2350. The summed E-state index contributed by atoms with van der Waals surface area (Å²) in [5.74, 6) is 1.01. The van der Waals surface area contributed by atoms with Gasteiger partial charge in [0.2, 0.25) is 5.91 Å². The van der Waals surface area contributed by atoms with Gasteiger partial charge in [0.15, 0.2) is 5.54 Å². The monoisotopic (exact) mass is 770 g/mol. The third-order valence-corrected chi connectivity index (χ3v) is 11.6. The summed E-state index contributed by atoms with van der Waals surface area (Å²) in [5.41, 5.74) is 7.64. The van der Waals surface area contributed by atoms with Gasteiger partial charge < -0.3 is 39.7 Å². The molecule has 5 aromatic rings. The lowest BCUT2D eigenvalue weighted by Crippen LogP contribution is -2.70. The van der Waals surface area contributed by atoms with Gasteiger partial charge in [-0.3, -0.25) is 14.5 Å². The summed E-state index contributed by atoms with van der Waals surface area (Å²) in [5, 5.41) is 5.41. The van der Waals surface area contributed by atoms with Gasteiger partial charge in [-0.05, 0) is 59.1 Å². The molecule has 4 aliphatic rings. The van der Waals surface area contributed by atoms with Gasteiger partial charge in [-0.1, -0.05) is 66.7 Å². The van der Waals surface area contributed by atoms with E-state index in [1.165, 1.54) is 14.2 Å². The number of carbonyl (C=O) groups is 4. The van der Waals surface area contributed by atoms with Crippen LogP contribution in [0.5, 0.6) is 0 Å². The highest BCUT2D eigenvalue weighted by Gasteiger charge is 2.52. The first-order valence-corrected chi connectivity index (χ1v) is 19.1. The Morgan fingerprint density at radius 2 is 1.39 bits per heavy atom. The molecule has 0 saturated carbocycles. The minimum absolute atomic E-state index is 0.103. The summed E-state index contributed by atoms with van der Waals surface area (Å²) in [6, 6.07) is 21.3. The Hall–Kier alpha value is -6.48. The molecule has 4 aliphatic heterocycles. The molecule has 292 valence electrons. The molecule has 3 atom stereocenters. The number of benzene rings is 3. The number of para-hydroxylation sites is 1. The van der Waals surface area contributed by atoms with Crippen molar-refractivity contribution < 1.29 is 33.4 Å². The molecule has 0 unspecified atom stereocenters. The fourth-order valence-electron chi connectivity index (χ4n) is 8.55. The lowest BCUT2D eigenvalue weighted by molar-refractivity contribution is -0.159. The van der Waals surface area contributed by atoms with Crippen molar-refractivity contribution in [1.29, 1.82) is 0 Å². The number of carbonyl (C=O) groups excluding carboxylic acids is 4. The van der Waals surface area contributed by atoms with E-state index in [0.717, 1.165) is 63.3 Å². The molecule has 6 heterocycles. The number of ether oxygens (including phenoxy) is 3. The van der Waals surface area contributed by atoms with E-state index in [4.69, 9.17) is 19.2 Å². The Morgan fingerprint density at radius 3 is 1.98 bits per heavy atom. The summed E-state index contributed by atoms with van der Waals surface area (Å²) in [4.78, 5) is 71.5. The number of anilines is 1. The average Bonchev–Trinajstić information content (AvgIpc) is 4.05. The number of likely N-dealkylation sites (tertiary alicyclic amines) is 1. The zero-order valence-corrected chi connectivity index (χ0v) is 31.5. The van der Waals surface area contributed by atoms with Crippen molar-refractivity contribution in [2.24, 2.45) is 0 Å². The second-order valence-electron chi connectivity index (χ2n) is 14.9.